The summed E-state index contributed by atoms with van der Waals surface area (Å²) >= 11 is 0. The number of aromatic nitrogens is 2. The zero-order chi connectivity index (χ0) is 17.8. The van der Waals surface area contributed by atoms with Crippen molar-refractivity contribution >= 4 is 22.6 Å². The van der Waals surface area contributed by atoms with Gasteiger partial charge >= 0.3 is 5.97 Å². The molecule has 1 aromatic heterocycles. The second kappa shape index (κ2) is 7.43. The minimum Gasteiger partial charge on any atom is -0.481 e. The lowest BCUT2D eigenvalue weighted by Gasteiger charge is -2.24. The Morgan fingerprint density at radius 2 is 2.08 bits per heavy atom. The van der Waals surface area contributed by atoms with Gasteiger partial charge in [-0.3, -0.25) is 14.4 Å². The summed E-state index contributed by atoms with van der Waals surface area (Å²) in [5, 5.41) is 16.0. The summed E-state index contributed by atoms with van der Waals surface area (Å²) in [6.45, 7) is 1.01. The van der Waals surface area contributed by atoms with Crippen molar-refractivity contribution in [1.82, 2.24) is 15.1 Å². The number of amides is 1. The van der Waals surface area contributed by atoms with Gasteiger partial charge < -0.3 is 14.7 Å². The van der Waals surface area contributed by atoms with Gasteiger partial charge in [0.15, 0.2) is 5.69 Å². The number of ether oxygens (including phenoxy) is 1. The molecule has 8 heteroatoms. The van der Waals surface area contributed by atoms with E-state index in [0.717, 1.165) is 12.8 Å². The number of rotatable bonds is 6. The molecule has 25 heavy (non-hydrogen) atoms. The highest BCUT2D eigenvalue weighted by atomic mass is 16.5. The molecule has 8 nitrogen and oxygen atoms in total. The number of aliphatic carboxylic acids is 1. The normalized spacial score (nSPS) is 16.9. The largest absolute Gasteiger partial charge is 0.481 e. The molecule has 1 aliphatic rings. The van der Waals surface area contributed by atoms with Crippen molar-refractivity contribution in [2.75, 3.05) is 19.7 Å². The number of hydrogen-bond acceptors (Lipinski definition) is 5. The van der Waals surface area contributed by atoms with Gasteiger partial charge in [-0.2, -0.15) is 5.10 Å². The molecule has 2 N–H and O–H groups in total. The second-order valence-corrected chi connectivity index (χ2v) is 5.98. The van der Waals surface area contributed by atoms with Gasteiger partial charge in [0, 0.05) is 25.1 Å². The van der Waals surface area contributed by atoms with Crippen LogP contribution in [0, 0.1) is 0 Å². The second-order valence-electron chi connectivity index (χ2n) is 5.98. The molecule has 1 fully saturated rings. The van der Waals surface area contributed by atoms with Crippen LogP contribution in [0.1, 0.15) is 29.8 Å². The molecule has 2 heterocycles. The maximum atomic E-state index is 13.0. The van der Waals surface area contributed by atoms with E-state index in [1.807, 2.05) is 0 Å². The molecular formula is C17H19N3O5. The lowest BCUT2D eigenvalue weighted by molar-refractivity contribution is -0.137. The molecule has 2 aromatic rings. The molecule has 1 saturated heterocycles. The number of aromatic amines is 1. The van der Waals surface area contributed by atoms with E-state index in [2.05, 4.69) is 10.2 Å². The fraction of sp³-hybridized carbons (Fsp3) is 0.412. The van der Waals surface area contributed by atoms with E-state index >= 15 is 0 Å². The molecule has 0 bridgehead atoms. The molecule has 1 aromatic carbocycles. The number of benzene rings is 1. The third-order valence-corrected chi connectivity index (χ3v) is 4.23. The fourth-order valence-electron chi connectivity index (χ4n) is 2.97. The van der Waals surface area contributed by atoms with Crippen LogP contribution in [0.4, 0.5) is 0 Å². The van der Waals surface area contributed by atoms with Crippen molar-refractivity contribution in [3.05, 3.63) is 40.3 Å². The van der Waals surface area contributed by atoms with Crippen LogP contribution in [0.3, 0.4) is 0 Å². The van der Waals surface area contributed by atoms with Crippen LogP contribution in [0.15, 0.2) is 29.1 Å². The first-order valence-corrected chi connectivity index (χ1v) is 8.16. The molecular weight excluding hydrogens is 326 g/mol. The monoisotopic (exact) mass is 345 g/mol. The summed E-state index contributed by atoms with van der Waals surface area (Å²) in [4.78, 5) is 37.2. The highest BCUT2D eigenvalue weighted by molar-refractivity contribution is 6.04. The fourth-order valence-corrected chi connectivity index (χ4v) is 2.97. The van der Waals surface area contributed by atoms with Gasteiger partial charge in [-0.05, 0) is 18.9 Å². The zero-order valence-electron chi connectivity index (χ0n) is 13.6. The Morgan fingerprint density at radius 3 is 2.76 bits per heavy atom. The van der Waals surface area contributed by atoms with E-state index in [9.17, 15) is 14.4 Å². The van der Waals surface area contributed by atoms with Crippen LogP contribution in [0.25, 0.3) is 10.8 Å². The first kappa shape index (κ1) is 17.1. The number of nitrogens with zero attached hydrogens (tertiary/aromatic N) is 2. The molecule has 0 aliphatic carbocycles. The van der Waals surface area contributed by atoms with Crippen LogP contribution in [-0.2, 0) is 9.53 Å². The summed E-state index contributed by atoms with van der Waals surface area (Å²) in [5.74, 6) is -1.39. The van der Waals surface area contributed by atoms with Crippen LogP contribution in [0.5, 0.6) is 0 Å². The van der Waals surface area contributed by atoms with Gasteiger partial charge in [-0.1, -0.05) is 18.2 Å². The first-order chi connectivity index (χ1) is 12.1. The Morgan fingerprint density at radius 1 is 1.32 bits per heavy atom. The Bertz CT molecular complexity index is 842. The number of carboxylic acid groups (broad SMARTS) is 1. The van der Waals surface area contributed by atoms with Gasteiger partial charge in [-0.15, -0.1) is 0 Å². The van der Waals surface area contributed by atoms with Crippen molar-refractivity contribution in [3.63, 3.8) is 0 Å². The molecule has 0 spiro atoms. The number of carbonyl (C=O) groups excluding carboxylic acids is 1. The van der Waals surface area contributed by atoms with Crippen LogP contribution in [-0.4, -0.2) is 57.9 Å². The number of carboxylic acids is 1. The highest BCUT2D eigenvalue weighted by Gasteiger charge is 2.26. The minimum absolute atomic E-state index is 0.0587. The number of nitrogens with one attached hydrogen (secondary N) is 1. The van der Waals surface area contributed by atoms with Crippen molar-refractivity contribution in [3.8, 4) is 0 Å². The maximum absolute atomic E-state index is 13.0. The maximum Gasteiger partial charge on any atom is 0.305 e. The predicted octanol–water partition coefficient (Wildman–Crippen LogP) is 1.02. The number of H-pyrrole nitrogens is 1. The van der Waals surface area contributed by atoms with Crippen molar-refractivity contribution < 1.29 is 19.4 Å². The third kappa shape index (κ3) is 3.85. The lowest BCUT2D eigenvalue weighted by Crippen LogP contribution is -2.39. The van der Waals surface area contributed by atoms with Crippen LogP contribution >= 0.6 is 0 Å². The van der Waals surface area contributed by atoms with Gasteiger partial charge in [0.1, 0.15) is 0 Å². The van der Waals surface area contributed by atoms with E-state index in [1.54, 1.807) is 24.3 Å². The summed E-state index contributed by atoms with van der Waals surface area (Å²) in [6.07, 6.45) is 1.48. The molecule has 0 radical (unpaired) electrons. The number of hydrogen-bond donors (Lipinski definition) is 2. The molecule has 1 aliphatic heterocycles. The predicted molar refractivity (Wildman–Crippen MR) is 89.5 cm³/mol. The molecule has 3 rings (SSSR count). The van der Waals surface area contributed by atoms with Crippen LogP contribution in [0.2, 0.25) is 0 Å². The smallest absolute Gasteiger partial charge is 0.305 e. The number of carbonyl (C=O) groups is 2. The summed E-state index contributed by atoms with van der Waals surface area (Å²) < 4.78 is 5.56. The van der Waals surface area contributed by atoms with Gasteiger partial charge in [0.25, 0.3) is 11.5 Å². The Kier molecular flexibility index (Phi) is 5.08. The standard InChI is InChI=1S/C17H19N3O5/c21-14(22)7-8-20(10-11-4-3-9-25-11)17(24)15-12-5-1-2-6-13(12)16(23)19-18-15/h1-2,5-6,11H,3-4,7-10H2,(H,19,23)(H,21,22). The van der Waals surface area contributed by atoms with Crippen molar-refractivity contribution in [2.24, 2.45) is 0 Å². The van der Waals surface area contributed by atoms with Gasteiger partial charge in [0.2, 0.25) is 0 Å². The summed E-state index contributed by atoms with van der Waals surface area (Å²) in [5.41, 5.74) is -0.262. The van der Waals surface area contributed by atoms with E-state index in [1.165, 1.54) is 4.90 Å². The van der Waals surface area contributed by atoms with E-state index in [4.69, 9.17) is 9.84 Å². The third-order valence-electron chi connectivity index (χ3n) is 4.23. The van der Waals surface area contributed by atoms with E-state index in [0.29, 0.717) is 23.9 Å². The van der Waals surface area contributed by atoms with Crippen molar-refractivity contribution in [2.45, 2.75) is 25.4 Å². The van der Waals surface area contributed by atoms with E-state index in [-0.39, 0.29) is 30.3 Å². The molecule has 1 unspecified atom stereocenters. The Hall–Kier alpha value is -2.74. The molecule has 1 atom stereocenters. The first-order valence-electron chi connectivity index (χ1n) is 8.16. The summed E-state index contributed by atoms with van der Waals surface area (Å²) in [7, 11) is 0. The Balaban J connectivity index is 1.92. The molecule has 132 valence electrons. The van der Waals surface area contributed by atoms with Crippen molar-refractivity contribution in [1.29, 1.82) is 0 Å². The van der Waals surface area contributed by atoms with Gasteiger partial charge in [-0.25, -0.2) is 5.10 Å². The average Bonchev–Trinajstić information content (AvgIpc) is 3.11. The topological polar surface area (TPSA) is 113 Å². The highest BCUT2D eigenvalue weighted by Crippen LogP contribution is 2.18. The molecule has 1 amide bonds. The van der Waals surface area contributed by atoms with E-state index < -0.39 is 11.9 Å². The molecule has 0 saturated carbocycles. The lowest BCUT2D eigenvalue weighted by atomic mass is 10.1. The zero-order valence-corrected chi connectivity index (χ0v) is 13.6. The minimum atomic E-state index is -0.982. The number of fused-ring (bicyclic) bond motifs is 1. The quantitative estimate of drug-likeness (QED) is 0.808. The van der Waals surface area contributed by atoms with Gasteiger partial charge in [0.05, 0.1) is 17.9 Å². The average molecular weight is 345 g/mol. The van der Waals surface area contributed by atoms with Crippen LogP contribution < -0.4 is 5.56 Å². The SMILES string of the molecule is O=C(O)CCN(CC1CCCO1)C(=O)c1n[nH]c(=O)c2ccccc12. The Labute approximate surface area is 143 Å². The summed E-state index contributed by atoms with van der Waals surface area (Å²) in [6, 6.07) is 6.71.